The van der Waals surface area contributed by atoms with Crippen molar-refractivity contribution in [3.8, 4) is 0 Å². The summed E-state index contributed by atoms with van der Waals surface area (Å²) < 4.78 is 24.2. The SMILES string of the molecule is CCOC(=O)N1CCCCN1C(=S)Nc1cc(SC(C)C(=O)OC)c(Cl)cc1F. The van der Waals surface area contributed by atoms with Gasteiger partial charge in [-0.15, -0.1) is 11.8 Å². The number of amides is 1. The number of thioether (sulfide) groups is 1. The van der Waals surface area contributed by atoms with Crippen molar-refractivity contribution in [3.63, 3.8) is 0 Å². The Hall–Kier alpha value is -1.78. The van der Waals surface area contributed by atoms with Crippen molar-refractivity contribution in [1.82, 2.24) is 10.0 Å². The van der Waals surface area contributed by atoms with Gasteiger partial charge in [0, 0.05) is 18.0 Å². The lowest BCUT2D eigenvalue weighted by Gasteiger charge is -2.39. The highest BCUT2D eigenvalue weighted by Gasteiger charge is 2.28. The quantitative estimate of drug-likeness (QED) is 0.393. The average molecular weight is 464 g/mol. The maximum atomic E-state index is 14.5. The summed E-state index contributed by atoms with van der Waals surface area (Å²) in [4.78, 5) is 24.3. The predicted octanol–water partition coefficient (Wildman–Crippen LogP) is 4.30. The van der Waals surface area contributed by atoms with Gasteiger partial charge in [0.2, 0.25) is 0 Å². The Morgan fingerprint density at radius 3 is 2.62 bits per heavy atom. The number of ether oxygens (including phenoxy) is 2. The molecule has 1 saturated heterocycles. The van der Waals surface area contributed by atoms with E-state index < -0.39 is 23.1 Å². The van der Waals surface area contributed by atoms with Gasteiger partial charge >= 0.3 is 12.1 Å². The smallest absolute Gasteiger partial charge is 0.428 e. The van der Waals surface area contributed by atoms with Crippen LogP contribution in [-0.2, 0) is 14.3 Å². The summed E-state index contributed by atoms with van der Waals surface area (Å²) in [6.07, 6.45) is 1.15. The highest BCUT2D eigenvalue weighted by atomic mass is 35.5. The number of carbonyl (C=O) groups is 2. The summed E-state index contributed by atoms with van der Waals surface area (Å²) in [5.41, 5.74) is 0.0911. The van der Waals surface area contributed by atoms with Crippen LogP contribution in [0.3, 0.4) is 0 Å². The first-order valence-electron chi connectivity index (χ1n) is 9.04. The Kier molecular flexibility index (Phi) is 8.79. The minimum atomic E-state index is -0.605. The second kappa shape index (κ2) is 10.8. The van der Waals surface area contributed by atoms with Crippen molar-refractivity contribution in [2.75, 3.05) is 32.1 Å². The molecule has 1 unspecified atom stereocenters. The number of hydrogen-bond donors (Lipinski definition) is 1. The highest BCUT2D eigenvalue weighted by molar-refractivity contribution is 8.00. The molecule has 0 aliphatic carbocycles. The number of rotatable bonds is 5. The lowest BCUT2D eigenvalue weighted by Crippen LogP contribution is -2.54. The highest BCUT2D eigenvalue weighted by Crippen LogP contribution is 2.35. The standard InChI is InChI=1S/C18H23ClFN3O4S2/c1-4-27-18(25)23-8-6-5-7-22(23)17(28)21-14-10-15(12(19)9-13(14)20)29-11(2)16(24)26-3/h9-11H,4-8H2,1-3H3,(H,21,28). The molecule has 1 aromatic carbocycles. The molecule has 0 aromatic heterocycles. The third-order valence-electron chi connectivity index (χ3n) is 4.09. The van der Waals surface area contributed by atoms with E-state index in [1.807, 2.05) is 0 Å². The number of benzene rings is 1. The third-order valence-corrected chi connectivity index (χ3v) is 5.97. The number of anilines is 1. The number of nitrogens with zero attached hydrogens (tertiary/aromatic N) is 2. The number of carbonyl (C=O) groups excluding carboxylic acids is 2. The molecule has 1 aliphatic heterocycles. The Balaban J connectivity index is 2.19. The molecule has 1 atom stereocenters. The summed E-state index contributed by atoms with van der Waals surface area (Å²) in [6, 6.07) is 2.63. The van der Waals surface area contributed by atoms with E-state index in [-0.39, 0.29) is 22.4 Å². The molecule has 7 nitrogen and oxygen atoms in total. The first-order valence-corrected chi connectivity index (χ1v) is 10.7. The van der Waals surface area contributed by atoms with Crippen molar-refractivity contribution in [3.05, 3.63) is 23.0 Å². The molecule has 0 radical (unpaired) electrons. The predicted molar refractivity (Wildman–Crippen MR) is 115 cm³/mol. The number of hydrazine groups is 1. The Bertz CT molecular complexity index is 784. The van der Waals surface area contributed by atoms with Gasteiger partial charge in [0.15, 0.2) is 5.11 Å². The van der Waals surface area contributed by atoms with Crippen molar-refractivity contribution >= 4 is 58.4 Å². The van der Waals surface area contributed by atoms with Crippen LogP contribution in [0.2, 0.25) is 5.02 Å². The fraction of sp³-hybridized carbons (Fsp3) is 0.500. The van der Waals surface area contributed by atoms with Gasteiger partial charge < -0.3 is 14.8 Å². The molecular weight excluding hydrogens is 441 g/mol. The van der Waals surface area contributed by atoms with Gasteiger partial charge in [-0.2, -0.15) is 0 Å². The molecule has 0 bridgehead atoms. The number of methoxy groups -OCH3 is 1. The van der Waals surface area contributed by atoms with Crippen molar-refractivity contribution in [1.29, 1.82) is 0 Å². The molecule has 1 amide bonds. The van der Waals surface area contributed by atoms with E-state index >= 15 is 0 Å². The summed E-state index contributed by atoms with van der Waals surface area (Å²) >= 11 is 12.7. The monoisotopic (exact) mass is 463 g/mol. The Labute approximate surface area is 183 Å². The van der Waals surface area contributed by atoms with Crippen molar-refractivity contribution in [2.45, 2.75) is 36.8 Å². The number of halogens is 2. The lowest BCUT2D eigenvalue weighted by molar-refractivity contribution is -0.139. The van der Waals surface area contributed by atoms with Gasteiger partial charge in [-0.3, -0.25) is 9.80 Å². The number of esters is 1. The van der Waals surface area contributed by atoms with Gasteiger partial charge in [-0.25, -0.2) is 14.2 Å². The van der Waals surface area contributed by atoms with E-state index in [9.17, 15) is 14.0 Å². The zero-order valence-corrected chi connectivity index (χ0v) is 18.8. The van der Waals surface area contributed by atoms with Gasteiger partial charge in [0.05, 0.1) is 24.4 Å². The van der Waals surface area contributed by atoms with Crippen LogP contribution in [-0.4, -0.2) is 59.2 Å². The van der Waals surface area contributed by atoms with Crippen LogP contribution in [0.1, 0.15) is 26.7 Å². The summed E-state index contributed by atoms with van der Waals surface area (Å²) in [7, 11) is 1.30. The van der Waals surface area contributed by atoms with E-state index in [4.69, 9.17) is 33.3 Å². The maximum Gasteiger partial charge on any atom is 0.428 e. The molecule has 0 saturated carbocycles. The molecule has 0 spiro atoms. The van der Waals surface area contributed by atoms with Crippen LogP contribution < -0.4 is 5.32 Å². The van der Waals surface area contributed by atoms with Gasteiger partial charge in [0.25, 0.3) is 0 Å². The molecule has 29 heavy (non-hydrogen) atoms. The fourth-order valence-corrected chi connectivity index (χ4v) is 4.18. The molecule has 1 N–H and O–H groups in total. The van der Waals surface area contributed by atoms with Crippen LogP contribution >= 0.6 is 35.6 Å². The zero-order valence-electron chi connectivity index (χ0n) is 16.4. The molecule has 1 heterocycles. The van der Waals surface area contributed by atoms with E-state index in [0.29, 0.717) is 18.0 Å². The molecule has 1 aromatic rings. The first kappa shape index (κ1) is 23.5. The maximum absolute atomic E-state index is 14.5. The Morgan fingerprint density at radius 2 is 2.00 bits per heavy atom. The van der Waals surface area contributed by atoms with Gasteiger partial charge in [0.1, 0.15) is 11.1 Å². The number of hydrogen-bond acceptors (Lipinski definition) is 6. The fourth-order valence-electron chi connectivity index (χ4n) is 2.66. The molecule has 11 heteroatoms. The van der Waals surface area contributed by atoms with E-state index in [0.717, 1.165) is 30.7 Å². The van der Waals surface area contributed by atoms with E-state index in [1.54, 1.807) is 18.9 Å². The second-order valence-electron chi connectivity index (χ2n) is 6.13. The van der Waals surface area contributed by atoms with Gasteiger partial charge in [-0.05, 0) is 51.0 Å². The molecule has 160 valence electrons. The van der Waals surface area contributed by atoms with E-state index in [2.05, 4.69) is 5.32 Å². The Morgan fingerprint density at radius 1 is 1.34 bits per heavy atom. The van der Waals surface area contributed by atoms with Crippen LogP contribution in [0, 0.1) is 5.82 Å². The topological polar surface area (TPSA) is 71.1 Å². The van der Waals surface area contributed by atoms with Crippen molar-refractivity contribution in [2.24, 2.45) is 0 Å². The normalized spacial score (nSPS) is 14.9. The number of nitrogens with one attached hydrogen (secondary N) is 1. The lowest BCUT2D eigenvalue weighted by atomic mass is 10.2. The minimum Gasteiger partial charge on any atom is -0.468 e. The van der Waals surface area contributed by atoms with Crippen LogP contribution in [0.4, 0.5) is 14.9 Å². The van der Waals surface area contributed by atoms with Crippen molar-refractivity contribution < 1.29 is 23.5 Å². The third kappa shape index (κ3) is 6.10. The van der Waals surface area contributed by atoms with Crippen LogP contribution in [0.15, 0.2) is 17.0 Å². The van der Waals surface area contributed by atoms with E-state index in [1.165, 1.54) is 18.2 Å². The minimum absolute atomic E-state index is 0.0911. The summed E-state index contributed by atoms with van der Waals surface area (Å²) in [5, 5.41) is 5.62. The number of thiocarbonyl (C=S) groups is 1. The zero-order chi connectivity index (χ0) is 21.6. The average Bonchev–Trinajstić information content (AvgIpc) is 2.70. The largest absolute Gasteiger partial charge is 0.468 e. The molecular formula is C18H23ClFN3O4S2. The summed E-state index contributed by atoms with van der Waals surface area (Å²) in [6.45, 7) is 4.59. The molecule has 1 aliphatic rings. The van der Waals surface area contributed by atoms with Crippen LogP contribution in [0.5, 0.6) is 0 Å². The van der Waals surface area contributed by atoms with Crippen LogP contribution in [0.25, 0.3) is 0 Å². The summed E-state index contributed by atoms with van der Waals surface area (Å²) in [5.74, 6) is -1.02. The molecule has 1 fully saturated rings. The second-order valence-corrected chi connectivity index (χ2v) is 8.30. The molecule has 2 rings (SSSR count). The van der Waals surface area contributed by atoms with Gasteiger partial charge in [-0.1, -0.05) is 11.6 Å². The first-order chi connectivity index (χ1) is 13.8.